The molecular formula is C24H24ClF2N3O5. The van der Waals surface area contributed by atoms with Gasteiger partial charge in [-0.3, -0.25) is 14.4 Å². The van der Waals surface area contributed by atoms with Crippen molar-refractivity contribution in [2.24, 2.45) is 0 Å². The smallest absolute Gasteiger partial charge is 0.275 e. The summed E-state index contributed by atoms with van der Waals surface area (Å²) in [6.45, 7) is 4.25. The molecule has 0 aliphatic carbocycles. The highest BCUT2D eigenvalue weighted by Gasteiger charge is 2.53. The Balaban J connectivity index is 1.74. The van der Waals surface area contributed by atoms with Gasteiger partial charge in [-0.05, 0) is 19.9 Å². The summed E-state index contributed by atoms with van der Waals surface area (Å²) in [4.78, 5) is 41.3. The van der Waals surface area contributed by atoms with Crippen molar-refractivity contribution < 1.29 is 27.8 Å². The lowest BCUT2D eigenvalue weighted by molar-refractivity contribution is 0.0334. The molecule has 1 aromatic heterocycles. The number of hydrogen-bond donors (Lipinski definition) is 1. The number of carbonyl (C=O) groups is 2. The molecule has 0 radical (unpaired) electrons. The van der Waals surface area contributed by atoms with E-state index in [1.807, 2.05) is 26.0 Å². The standard InChI is InChI=1S/C24H24ClF2N3O5/c1-4-5-8-30-23(33)19-21(34-3)20(31)14(10-29(19)16-11-35-12-24(16,30)2)22(32)28-9-13-6-7-15(26)17(25)18(13)27/h4-7,10,16H,8-9,11-12H2,1-3H3,(H,28,32)/b5-4-/t16-,24+/m0/s1. The second-order valence-corrected chi connectivity index (χ2v) is 8.93. The van der Waals surface area contributed by atoms with Crippen LogP contribution in [0.5, 0.6) is 5.75 Å². The average Bonchev–Trinajstić information content (AvgIpc) is 3.23. The number of methoxy groups -OCH3 is 1. The van der Waals surface area contributed by atoms with Crippen molar-refractivity contribution in [3.63, 3.8) is 0 Å². The Morgan fingerprint density at radius 3 is 2.80 bits per heavy atom. The van der Waals surface area contributed by atoms with Gasteiger partial charge in [0.05, 0.1) is 31.9 Å². The van der Waals surface area contributed by atoms with Gasteiger partial charge >= 0.3 is 0 Å². The average molecular weight is 508 g/mol. The van der Waals surface area contributed by atoms with E-state index in [1.54, 1.807) is 9.47 Å². The van der Waals surface area contributed by atoms with Crippen LogP contribution in [0.15, 0.2) is 35.3 Å². The summed E-state index contributed by atoms with van der Waals surface area (Å²) in [5.41, 5.74) is -1.81. The lowest BCUT2D eigenvalue weighted by Crippen LogP contribution is -2.59. The first-order valence-electron chi connectivity index (χ1n) is 10.9. The number of pyridine rings is 1. The molecule has 0 saturated carbocycles. The van der Waals surface area contributed by atoms with Gasteiger partial charge in [-0.1, -0.05) is 29.8 Å². The Labute approximate surface area is 205 Å². The number of hydrogen-bond acceptors (Lipinski definition) is 5. The number of allylic oxidation sites excluding steroid dienone is 1. The predicted octanol–water partition coefficient (Wildman–Crippen LogP) is 3.08. The van der Waals surface area contributed by atoms with E-state index in [-0.39, 0.29) is 48.4 Å². The molecule has 2 amide bonds. The zero-order chi connectivity index (χ0) is 25.5. The molecular weight excluding hydrogens is 484 g/mol. The number of fused-ring (bicyclic) bond motifs is 3. The first kappa shape index (κ1) is 24.9. The first-order valence-corrected chi connectivity index (χ1v) is 11.3. The maximum atomic E-state index is 14.2. The van der Waals surface area contributed by atoms with E-state index >= 15 is 0 Å². The Bertz CT molecular complexity index is 1290. The van der Waals surface area contributed by atoms with Crippen LogP contribution in [0, 0.1) is 11.6 Å². The van der Waals surface area contributed by atoms with Crippen molar-refractivity contribution in [1.82, 2.24) is 14.8 Å². The number of halogens is 3. The van der Waals surface area contributed by atoms with Crippen LogP contribution in [0.4, 0.5) is 8.78 Å². The third kappa shape index (κ3) is 4.00. The number of nitrogens with zero attached hydrogens (tertiary/aromatic N) is 2. The Hall–Kier alpha value is -3.24. The number of rotatable bonds is 6. The fourth-order valence-corrected chi connectivity index (χ4v) is 4.72. The molecule has 1 fully saturated rings. The van der Waals surface area contributed by atoms with Gasteiger partial charge in [0.25, 0.3) is 11.8 Å². The topological polar surface area (TPSA) is 89.9 Å². The number of nitrogens with one attached hydrogen (secondary N) is 1. The summed E-state index contributed by atoms with van der Waals surface area (Å²) in [7, 11) is 1.25. The van der Waals surface area contributed by atoms with Gasteiger partial charge < -0.3 is 24.3 Å². The van der Waals surface area contributed by atoms with E-state index in [1.165, 1.54) is 13.3 Å². The number of aromatic nitrogens is 1. The first-order chi connectivity index (χ1) is 16.7. The molecule has 2 aliphatic heterocycles. The van der Waals surface area contributed by atoms with Crippen LogP contribution in [0.2, 0.25) is 5.02 Å². The van der Waals surface area contributed by atoms with Crippen LogP contribution in [0.25, 0.3) is 0 Å². The fourth-order valence-electron chi connectivity index (χ4n) is 4.54. The van der Waals surface area contributed by atoms with Crippen molar-refractivity contribution >= 4 is 23.4 Å². The Morgan fingerprint density at radius 2 is 2.11 bits per heavy atom. The van der Waals surface area contributed by atoms with Crippen LogP contribution >= 0.6 is 11.6 Å². The van der Waals surface area contributed by atoms with E-state index in [4.69, 9.17) is 21.1 Å². The number of ether oxygens (including phenoxy) is 2. The normalized spacial score (nSPS) is 21.3. The molecule has 0 spiro atoms. The summed E-state index contributed by atoms with van der Waals surface area (Å²) < 4.78 is 40.2. The highest BCUT2D eigenvalue weighted by atomic mass is 35.5. The van der Waals surface area contributed by atoms with E-state index in [2.05, 4.69) is 5.32 Å². The minimum Gasteiger partial charge on any atom is -0.491 e. The molecule has 186 valence electrons. The monoisotopic (exact) mass is 507 g/mol. The molecule has 2 aliphatic rings. The quantitative estimate of drug-likeness (QED) is 0.479. The predicted molar refractivity (Wildman–Crippen MR) is 124 cm³/mol. The summed E-state index contributed by atoms with van der Waals surface area (Å²) in [6, 6.07) is 1.75. The minimum atomic E-state index is -1.00. The SMILES string of the molecule is C/C=C\CN1C(=O)c2c(OC)c(=O)c(C(=O)NCc3ccc(F)c(Cl)c3F)cn2[C@H]2COC[C@]21C. The summed E-state index contributed by atoms with van der Waals surface area (Å²) in [6.07, 6.45) is 4.97. The molecule has 1 saturated heterocycles. The molecule has 3 heterocycles. The molecule has 0 unspecified atom stereocenters. The van der Waals surface area contributed by atoms with Gasteiger partial charge in [-0.15, -0.1) is 0 Å². The third-order valence-corrected chi connectivity index (χ3v) is 6.85. The van der Waals surface area contributed by atoms with Gasteiger partial charge in [-0.25, -0.2) is 8.78 Å². The molecule has 11 heteroatoms. The second kappa shape index (κ2) is 9.43. The molecule has 2 aromatic rings. The molecule has 2 atom stereocenters. The van der Waals surface area contributed by atoms with Crippen molar-refractivity contribution in [2.45, 2.75) is 32.0 Å². The van der Waals surface area contributed by atoms with Gasteiger partial charge in [-0.2, -0.15) is 0 Å². The Morgan fingerprint density at radius 1 is 1.37 bits per heavy atom. The zero-order valence-electron chi connectivity index (χ0n) is 19.4. The van der Waals surface area contributed by atoms with Gasteiger partial charge in [0.15, 0.2) is 11.4 Å². The summed E-state index contributed by atoms with van der Waals surface area (Å²) in [5.74, 6) is -3.42. The molecule has 0 bridgehead atoms. The van der Waals surface area contributed by atoms with Crippen LogP contribution < -0.4 is 15.5 Å². The molecule has 1 aromatic carbocycles. The van der Waals surface area contributed by atoms with Crippen LogP contribution in [-0.4, -0.2) is 53.7 Å². The van der Waals surface area contributed by atoms with Gasteiger partial charge in [0, 0.05) is 24.8 Å². The van der Waals surface area contributed by atoms with Gasteiger partial charge in [0.2, 0.25) is 5.43 Å². The third-order valence-electron chi connectivity index (χ3n) is 6.51. The lowest BCUT2D eigenvalue weighted by Gasteiger charge is -2.46. The van der Waals surface area contributed by atoms with Crippen LogP contribution in [-0.2, 0) is 11.3 Å². The second-order valence-electron chi connectivity index (χ2n) is 8.55. The Kier molecular flexibility index (Phi) is 6.70. The van der Waals surface area contributed by atoms with E-state index in [0.29, 0.717) is 6.54 Å². The largest absolute Gasteiger partial charge is 0.491 e. The van der Waals surface area contributed by atoms with Crippen LogP contribution in [0.1, 0.15) is 46.3 Å². The highest BCUT2D eigenvalue weighted by Crippen LogP contribution is 2.42. The van der Waals surface area contributed by atoms with E-state index in [0.717, 1.165) is 12.1 Å². The van der Waals surface area contributed by atoms with Crippen LogP contribution in [0.3, 0.4) is 0 Å². The van der Waals surface area contributed by atoms with E-state index in [9.17, 15) is 23.2 Å². The molecule has 35 heavy (non-hydrogen) atoms. The van der Waals surface area contributed by atoms with Crippen molar-refractivity contribution in [1.29, 1.82) is 0 Å². The number of benzene rings is 1. The number of carbonyl (C=O) groups excluding carboxylic acids is 2. The maximum Gasteiger partial charge on any atom is 0.275 e. The van der Waals surface area contributed by atoms with Crippen molar-refractivity contribution in [3.8, 4) is 5.75 Å². The zero-order valence-corrected chi connectivity index (χ0v) is 20.1. The van der Waals surface area contributed by atoms with E-state index < -0.39 is 39.4 Å². The molecule has 4 rings (SSSR count). The van der Waals surface area contributed by atoms with Gasteiger partial charge in [0.1, 0.15) is 22.2 Å². The maximum absolute atomic E-state index is 14.2. The fraction of sp³-hybridized carbons (Fsp3) is 0.375. The van der Waals surface area contributed by atoms with Crippen molar-refractivity contribution in [2.75, 3.05) is 26.9 Å². The summed E-state index contributed by atoms with van der Waals surface area (Å²) >= 11 is 5.60. The lowest BCUT2D eigenvalue weighted by atomic mass is 9.89. The summed E-state index contributed by atoms with van der Waals surface area (Å²) in [5, 5.41) is 1.77. The molecule has 1 N–H and O–H groups in total. The number of amides is 2. The highest BCUT2D eigenvalue weighted by molar-refractivity contribution is 6.30. The molecule has 8 nitrogen and oxygen atoms in total. The van der Waals surface area contributed by atoms with Crippen molar-refractivity contribution in [3.05, 3.63) is 74.2 Å². The minimum absolute atomic E-state index is 0.0305.